The number of ether oxygens (including phenoxy) is 1. The van der Waals surface area contributed by atoms with E-state index in [1.165, 1.54) is 0 Å². The second kappa shape index (κ2) is 3.68. The fraction of sp³-hybridized carbons (Fsp3) is 0.231. The van der Waals surface area contributed by atoms with Crippen LogP contribution in [0.25, 0.3) is 10.8 Å². The number of hydrogen-bond donors (Lipinski definition) is 2. The van der Waals surface area contributed by atoms with Crippen LogP contribution >= 0.6 is 0 Å². The van der Waals surface area contributed by atoms with Gasteiger partial charge in [0.05, 0.1) is 0 Å². The lowest BCUT2D eigenvalue weighted by molar-refractivity contribution is 0.140. The lowest BCUT2D eigenvalue weighted by Gasteiger charge is -2.28. The zero-order chi connectivity index (χ0) is 11.0. The Balaban J connectivity index is 2.08. The summed E-state index contributed by atoms with van der Waals surface area (Å²) in [6.45, 7) is 1.70. The number of phenolic OH excluding ortho intramolecular Hbond substituents is 1. The van der Waals surface area contributed by atoms with E-state index in [2.05, 4.69) is 5.32 Å². The van der Waals surface area contributed by atoms with Gasteiger partial charge in [-0.25, -0.2) is 0 Å². The molecule has 0 amide bonds. The number of fused-ring (bicyclic) bond motifs is 1. The van der Waals surface area contributed by atoms with Crippen molar-refractivity contribution in [3.8, 4) is 11.5 Å². The van der Waals surface area contributed by atoms with E-state index < -0.39 is 0 Å². The molecule has 82 valence electrons. The van der Waals surface area contributed by atoms with Gasteiger partial charge in [0, 0.05) is 18.5 Å². The summed E-state index contributed by atoms with van der Waals surface area (Å²) in [4.78, 5) is 0. The van der Waals surface area contributed by atoms with Crippen molar-refractivity contribution >= 4 is 10.8 Å². The summed E-state index contributed by atoms with van der Waals surface area (Å²) in [5.41, 5.74) is 0. The molecule has 0 spiro atoms. The van der Waals surface area contributed by atoms with Crippen molar-refractivity contribution in [3.63, 3.8) is 0 Å². The van der Waals surface area contributed by atoms with Crippen LogP contribution in [0.3, 0.4) is 0 Å². The van der Waals surface area contributed by atoms with Gasteiger partial charge in [-0.05, 0) is 11.5 Å². The highest BCUT2D eigenvalue weighted by Crippen LogP contribution is 2.35. The summed E-state index contributed by atoms with van der Waals surface area (Å²) in [6, 6.07) is 11.5. The smallest absolute Gasteiger partial charge is 0.169 e. The average Bonchev–Trinajstić information content (AvgIpc) is 2.25. The molecule has 0 bridgehead atoms. The van der Waals surface area contributed by atoms with Gasteiger partial charge in [0.15, 0.2) is 11.5 Å². The number of nitrogens with one attached hydrogen (secondary N) is 1. The standard InChI is InChI=1S/C13H13NO2/c15-12-6-5-9-3-1-2-4-11(9)13(12)16-10-7-14-8-10/h1-6,10,14-15H,7-8H2. The normalized spacial score (nSPS) is 16.0. The third-order valence-corrected chi connectivity index (χ3v) is 2.89. The van der Waals surface area contributed by atoms with Gasteiger partial charge in [-0.2, -0.15) is 0 Å². The molecule has 0 radical (unpaired) electrons. The van der Waals surface area contributed by atoms with Crippen LogP contribution in [0.5, 0.6) is 11.5 Å². The van der Waals surface area contributed by atoms with Crippen LogP contribution in [0.4, 0.5) is 0 Å². The first kappa shape index (κ1) is 9.48. The molecular formula is C13H13NO2. The molecule has 1 fully saturated rings. The van der Waals surface area contributed by atoms with Crippen molar-refractivity contribution in [1.82, 2.24) is 5.32 Å². The Kier molecular flexibility index (Phi) is 2.18. The van der Waals surface area contributed by atoms with Gasteiger partial charge in [-0.1, -0.05) is 30.3 Å². The molecular weight excluding hydrogens is 202 g/mol. The molecule has 1 aliphatic rings. The van der Waals surface area contributed by atoms with Crippen molar-refractivity contribution < 1.29 is 9.84 Å². The van der Waals surface area contributed by atoms with Gasteiger partial charge in [0.1, 0.15) is 6.10 Å². The fourth-order valence-corrected chi connectivity index (χ4v) is 1.87. The van der Waals surface area contributed by atoms with Crippen molar-refractivity contribution in [2.75, 3.05) is 13.1 Å². The van der Waals surface area contributed by atoms with Gasteiger partial charge in [-0.3, -0.25) is 0 Å². The van der Waals surface area contributed by atoms with E-state index in [0.717, 1.165) is 23.9 Å². The first-order valence-electron chi connectivity index (χ1n) is 5.43. The highest BCUT2D eigenvalue weighted by molar-refractivity contribution is 5.90. The third kappa shape index (κ3) is 1.49. The number of aromatic hydroxyl groups is 1. The van der Waals surface area contributed by atoms with Crippen molar-refractivity contribution in [3.05, 3.63) is 36.4 Å². The SMILES string of the molecule is Oc1ccc2ccccc2c1OC1CNC1. The van der Waals surface area contributed by atoms with Crippen LogP contribution in [-0.4, -0.2) is 24.3 Å². The van der Waals surface area contributed by atoms with E-state index >= 15 is 0 Å². The molecule has 2 aromatic carbocycles. The van der Waals surface area contributed by atoms with Crippen molar-refractivity contribution in [2.24, 2.45) is 0 Å². The topological polar surface area (TPSA) is 41.5 Å². The molecule has 16 heavy (non-hydrogen) atoms. The number of hydrogen-bond acceptors (Lipinski definition) is 3. The third-order valence-electron chi connectivity index (χ3n) is 2.89. The molecule has 3 nitrogen and oxygen atoms in total. The van der Waals surface area contributed by atoms with E-state index in [1.807, 2.05) is 30.3 Å². The summed E-state index contributed by atoms with van der Waals surface area (Å²) >= 11 is 0. The first-order valence-corrected chi connectivity index (χ1v) is 5.43. The van der Waals surface area contributed by atoms with Gasteiger partial charge in [0.25, 0.3) is 0 Å². The quantitative estimate of drug-likeness (QED) is 0.804. The van der Waals surface area contributed by atoms with Crippen molar-refractivity contribution in [1.29, 1.82) is 0 Å². The van der Waals surface area contributed by atoms with Crippen LogP contribution in [0, 0.1) is 0 Å². The minimum atomic E-state index is 0.178. The molecule has 1 heterocycles. The van der Waals surface area contributed by atoms with E-state index in [4.69, 9.17) is 4.74 Å². The van der Waals surface area contributed by atoms with Crippen LogP contribution in [0.15, 0.2) is 36.4 Å². The van der Waals surface area contributed by atoms with Gasteiger partial charge in [0.2, 0.25) is 0 Å². The predicted octanol–water partition coefficient (Wildman–Crippen LogP) is 1.90. The van der Waals surface area contributed by atoms with Gasteiger partial charge < -0.3 is 15.2 Å². The maximum atomic E-state index is 9.83. The molecule has 2 aromatic rings. The second-order valence-corrected chi connectivity index (χ2v) is 4.03. The van der Waals surface area contributed by atoms with E-state index in [1.54, 1.807) is 6.07 Å². The Morgan fingerprint density at radius 2 is 1.94 bits per heavy atom. The largest absolute Gasteiger partial charge is 0.504 e. The van der Waals surface area contributed by atoms with Crippen LogP contribution in [0.1, 0.15) is 0 Å². The average molecular weight is 215 g/mol. The lowest BCUT2D eigenvalue weighted by atomic mass is 10.1. The van der Waals surface area contributed by atoms with Crippen LogP contribution < -0.4 is 10.1 Å². The van der Waals surface area contributed by atoms with E-state index in [0.29, 0.717) is 5.75 Å². The zero-order valence-corrected chi connectivity index (χ0v) is 8.81. The molecule has 0 unspecified atom stereocenters. The highest BCUT2D eigenvalue weighted by atomic mass is 16.5. The predicted molar refractivity (Wildman–Crippen MR) is 62.9 cm³/mol. The first-order chi connectivity index (χ1) is 7.84. The molecule has 0 aliphatic carbocycles. The Morgan fingerprint density at radius 1 is 1.12 bits per heavy atom. The Morgan fingerprint density at radius 3 is 2.69 bits per heavy atom. The van der Waals surface area contributed by atoms with Crippen LogP contribution in [0.2, 0.25) is 0 Å². The summed E-state index contributed by atoms with van der Waals surface area (Å²) in [5.74, 6) is 0.815. The molecule has 0 atom stereocenters. The van der Waals surface area contributed by atoms with Crippen LogP contribution in [-0.2, 0) is 0 Å². The van der Waals surface area contributed by atoms with E-state index in [-0.39, 0.29) is 11.9 Å². The Labute approximate surface area is 93.7 Å². The van der Waals surface area contributed by atoms with Gasteiger partial charge in [-0.15, -0.1) is 0 Å². The number of benzene rings is 2. The zero-order valence-electron chi connectivity index (χ0n) is 8.81. The second-order valence-electron chi connectivity index (χ2n) is 4.03. The molecule has 1 saturated heterocycles. The molecule has 2 N–H and O–H groups in total. The molecule has 3 heteroatoms. The molecule has 1 aliphatic heterocycles. The molecule has 0 saturated carbocycles. The summed E-state index contributed by atoms with van der Waals surface area (Å²) in [5, 5.41) is 15.0. The molecule has 3 rings (SSSR count). The minimum absolute atomic E-state index is 0.178. The maximum Gasteiger partial charge on any atom is 0.169 e. The molecule has 0 aromatic heterocycles. The fourth-order valence-electron chi connectivity index (χ4n) is 1.87. The minimum Gasteiger partial charge on any atom is -0.504 e. The summed E-state index contributed by atoms with van der Waals surface area (Å²) in [7, 11) is 0. The summed E-state index contributed by atoms with van der Waals surface area (Å²) < 4.78 is 5.78. The van der Waals surface area contributed by atoms with Crippen molar-refractivity contribution in [2.45, 2.75) is 6.10 Å². The van der Waals surface area contributed by atoms with E-state index in [9.17, 15) is 5.11 Å². The number of rotatable bonds is 2. The number of phenols is 1. The monoisotopic (exact) mass is 215 g/mol. The Bertz CT molecular complexity index is 520. The maximum absolute atomic E-state index is 9.83. The Hall–Kier alpha value is -1.74. The summed E-state index contributed by atoms with van der Waals surface area (Å²) in [6.07, 6.45) is 0.178. The van der Waals surface area contributed by atoms with Gasteiger partial charge >= 0.3 is 0 Å². The lowest BCUT2D eigenvalue weighted by Crippen LogP contribution is -2.50. The highest BCUT2D eigenvalue weighted by Gasteiger charge is 2.20.